The van der Waals surface area contributed by atoms with E-state index >= 15 is 0 Å². The highest BCUT2D eigenvalue weighted by atomic mass is 16.2. The third-order valence-corrected chi connectivity index (χ3v) is 16.9. The van der Waals surface area contributed by atoms with E-state index in [1.807, 2.05) is 135 Å². The van der Waals surface area contributed by atoms with Gasteiger partial charge in [-0.1, -0.05) is 159 Å². The molecule has 0 atom stereocenters. The number of likely N-dealkylation sites (N-methyl/N-ethyl adjacent to an activating group) is 6. The molecule has 0 fully saturated rings. The molecule has 5 aromatic carbocycles. The van der Waals surface area contributed by atoms with E-state index in [9.17, 15) is 47.9 Å². The maximum Gasteiger partial charge on any atom is 0.249 e. The molecule has 0 spiro atoms. The van der Waals surface area contributed by atoms with Gasteiger partial charge in [-0.25, -0.2) is 0 Å². The van der Waals surface area contributed by atoms with Crippen LogP contribution in [0.2, 0.25) is 0 Å². The van der Waals surface area contributed by atoms with Crippen LogP contribution < -0.4 is 80.0 Å². The van der Waals surface area contributed by atoms with Crippen LogP contribution in [0.25, 0.3) is 0 Å². The molecule has 0 aliphatic rings. The third-order valence-electron chi connectivity index (χ3n) is 16.9. The van der Waals surface area contributed by atoms with Gasteiger partial charge in [0.2, 0.25) is 54.3 Å². The van der Waals surface area contributed by atoms with Crippen LogP contribution in [0.4, 0.5) is 28.4 Å². The molecular weight excluding hydrogens is 1190 g/mol. The molecule has 5 rings (SSSR count). The zero-order chi connectivity index (χ0) is 72.8. The van der Waals surface area contributed by atoms with Crippen molar-refractivity contribution in [3.8, 4) is 0 Å². The number of hydrogen-bond acceptors (Lipinski definition) is 20. The molecule has 0 radical (unpaired) electrons. The number of nitrogens with zero attached hydrogens (tertiary/aromatic N) is 7. The van der Waals surface area contributed by atoms with Crippen molar-refractivity contribution in [1.82, 2.24) is 24.5 Å². The van der Waals surface area contributed by atoms with Crippen LogP contribution in [0.15, 0.2) is 47.9 Å². The van der Waals surface area contributed by atoms with Gasteiger partial charge < -0.3 is 50.2 Å². The number of nitrogens with one attached hydrogen (secondary N) is 3. The van der Waals surface area contributed by atoms with E-state index in [1.165, 1.54) is 0 Å². The minimum absolute atomic E-state index is 0.259. The second kappa shape index (κ2) is 38.2. The summed E-state index contributed by atoms with van der Waals surface area (Å²) in [5.41, 5.74) is 1.49. The molecule has 0 heterocycles. The largest absolute Gasteiger partial charge is 0.380 e. The van der Waals surface area contributed by atoms with Crippen molar-refractivity contribution in [2.45, 2.75) is 212 Å². The topological polar surface area (TPSA) is 229 Å². The fraction of sp³-hybridized carbons (Fsp3) is 0.730. The van der Waals surface area contributed by atoms with Gasteiger partial charge in [-0.15, -0.1) is 0 Å². The predicted molar refractivity (Wildman–Crippen MR) is 400 cm³/mol. The second-order valence-corrected chi connectivity index (χ2v) is 30.4. The molecule has 0 bridgehead atoms. The fourth-order valence-corrected chi connectivity index (χ4v) is 11.5. The van der Waals surface area contributed by atoms with E-state index in [0.29, 0.717) is 75.9 Å². The monoisotopic (exact) mass is 1320 g/mol. The standard InChI is InChI=1S/C16H28N2O2.2C15H26N2O2.2C14H24N2O2/c1-6-9-18(10-7-2)11-8-17-13-12(16(3,4)5)14(19)15(13)20;1-7-17(8-2)10-9-16(6)12-11(15(3,4)5)13(18)14(12)19;1-6-9-17(7-2)10-8-16-12-11(15(3,4)5)13(18)14(12)19;1-7-15(5)8-9-16(6)11-10(14(2,3)4)12(17)13(11)18;1-6-8-16(5)9-7-15-11-10(14(2,3)4)12(17)13(11)18/h17H,6-11H2,1-5H3;7-10H2,1-6H3;16H,6-10H2,1-5H3;7-9H2,1-6H3;15H,6-9H2,1-5H3. The Hall–Kier alpha value is -5.80. The Balaban J connectivity index is 0.000000588. The highest BCUT2D eigenvalue weighted by molar-refractivity contribution is 5.63. The van der Waals surface area contributed by atoms with E-state index in [2.05, 4.69) is 103 Å². The number of hydrogen-bond donors (Lipinski definition) is 3. The SMILES string of the molecule is CCCN(C)CCNc1c(C(C)(C)C)c(=O)c1=O.CCCN(CC)CCNc1c(C(C)(C)C)c(=O)c1=O.CCCN(CCC)CCNc1c(C(C)(C)C)c(=O)c1=O.CCN(C)CCN(C)c1c(C(C)(C)C)c(=O)c1=O.CCN(CC)CCN(C)c1c(C(C)(C)C)c(=O)c1=O. The van der Waals surface area contributed by atoms with Crippen molar-refractivity contribution < 1.29 is 0 Å². The summed E-state index contributed by atoms with van der Waals surface area (Å²) in [7, 11) is 7.88. The Morgan fingerprint density at radius 2 is 0.532 bits per heavy atom. The van der Waals surface area contributed by atoms with E-state index in [0.717, 1.165) is 124 Å². The van der Waals surface area contributed by atoms with Crippen LogP contribution in [0.1, 0.15) is 213 Å². The summed E-state index contributed by atoms with van der Waals surface area (Å²) >= 11 is 0. The molecule has 0 aromatic heterocycles. The Kier molecular flexibility index (Phi) is 35.1. The average molecular weight is 1320 g/mol. The van der Waals surface area contributed by atoms with Crippen molar-refractivity contribution >= 4 is 28.4 Å². The van der Waals surface area contributed by atoms with Crippen molar-refractivity contribution in [2.24, 2.45) is 0 Å². The van der Waals surface area contributed by atoms with Gasteiger partial charge in [-0.05, 0) is 119 Å². The first-order chi connectivity index (χ1) is 43.4. The second-order valence-electron chi connectivity index (χ2n) is 30.4. The Morgan fingerprint density at radius 3 is 0.819 bits per heavy atom. The van der Waals surface area contributed by atoms with Crippen LogP contribution in [-0.4, -0.2) is 170 Å². The lowest BCUT2D eigenvalue weighted by Crippen LogP contribution is -2.47. The summed E-state index contributed by atoms with van der Waals surface area (Å²) < 4.78 is 0. The van der Waals surface area contributed by atoms with Gasteiger partial charge in [0.05, 0.1) is 28.4 Å². The first kappa shape index (κ1) is 86.2. The first-order valence-electron chi connectivity index (χ1n) is 34.7. The number of rotatable bonds is 32. The minimum Gasteiger partial charge on any atom is -0.380 e. The van der Waals surface area contributed by atoms with Crippen LogP contribution in [-0.2, 0) is 27.1 Å². The van der Waals surface area contributed by atoms with E-state index in [4.69, 9.17) is 0 Å². The van der Waals surface area contributed by atoms with Gasteiger partial charge in [0.25, 0.3) is 0 Å². The van der Waals surface area contributed by atoms with Crippen molar-refractivity contribution in [2.75, 3.05) is 172 Å². The van der Waals surface area contributed by atoms with Gasteiger partial charge in [0.1, 0.15) is 0 Å². The molecule has 5 aromatic rings. The maximum absolute atomic E-state index is 11.8. The minimum atomic E-state index is -0.363. The van der Waals surface area contributed by atoms with Gasteiger partial charge in [0.15, 0.2) is 0 Å². The number of anilines is 5. The third kappa shape index (κ3) is 24.4. The zero-order valence-electron chi connectivity index (χ0n) is 63.8. The molecule has 20 heteroatoms. The summed E-state index contributed by atoms with van der Waals surface area (Å²) in [6.45, 7) is 63.0. The molecular formula is C74H128N10O10. The highest BCUT2D eigenvalue weighted by Crippen LogP contribution is 2.30. The lowest BCUT2D eigenvalue weighted by molar-refractivity contribution is 0.285. The molecule has 0 aliphatic heterocycles. The first-order valence-corrected chi connectivity index (χ1v) is 34.7. The Bertz CT molecular complexity index is 3460. The van der Waals surface area contributed by atoms with Gasteiger partial charge in [-0.3, -0.25) is 47.9 Å². The lowest BCUT2D eigenvalue weighted by Gasteiger charge is -2.30. The molecule has 94 heavy (non-hydrogen) atoms. The molecule has 20 nitrogen and oxygen atoms in total. The average Bonchev–Trinajstić information content (AvgIpc) is 0.782. The smallest absolute Gasteiger partial charge is 0.249 e. The summed E-state index contributed by atoms with van der Waals surface area (Å²) in [4.78, 5) is 132. The Labute approximate surface area is 564 Å². The molecule has 0 saturated carbocycles. The van der Waals surface area contributed by atoms with Crippen molar-refractivity contribution in [1.29, 1.82) is 0 Å². The fourth-order valence-electron chi connectivity index (χ4n) is 11.5. The molecule has 0 aliphatic carbocycles. The summed E-state index contributed by atoms with van der Waals surface area (Å²) in [5, 5.41) is 9.43. The van der Waals surface area contributed by atoms with Crippen LogP contribution in [0, 0.1) is 0 Å². The Morgan fingerprint density at radius 1 is 0.255 bits per heavy atom. The van der Waals surface area contributed by atoms with Gasteiger partial charge >= 0.3 is 0 Å². The van der Waals surface area contributed by atoms with Crippen LogP contribution >= 0.6 is 0 Å². The molecule has 534 valence electrons. The van der Waals surface area contributed by atoms with E-state index in [1.54, 1.807) is 0 Å². The predicted octanol–water partition coefficient (Wildman–Crippen LogP) is 7.50. The summed E-state index contributed by atoms with van der Waals surface area (Å²) in [6, 6.07) is 0. The van der Waals surface area contributed by atoms with Gasteiger partial charge in [0, 0.05) is 107 Å². The summed E-state index contributed by atoms with van der Waals surface area (Å²) in [6.07, 6.45) is 4.51. The highest BCUT2D eigenvalue weighted by Gasteiger charge is 2.35. The van der Waals surface area contributed by atoms with Crippen LogP contribution in [0.5, 0.6) is 0 Å². The van der Waals surface area contributed by atoms with Crippen molar-refractivity contribution in [3.05, 3.63) is 130 Å². The summed E-state index contributed by atoms with van der Waals surface area (Å²) in [5.74, 6) is 0. The zero-order valence-corrected chi connectivity index (χ0v) is 63.8. The van der Waals surface area contributed by atoms with E-state index < -0.39 is 0 Å². The molecule has 0 amide bonds. The normalized spacial score (nSPS) is 12.3. The molecule has 0 unspecified atom stereocenters. The van der Waals surface area contributed by atoms with Gasteiger partial charge in [-0.2, -0.15) is 0 Å². The van der Waals surface area contributed by atoms with Crippen molar-refractivity contribution in [3.63, 3.8) is 0 Å². The van der Waals surface area contributed by atoms with Crippen LogP contribution in [0.3, 0.4) is 0 Å². The lowest BCUT2D eigenvalue weighted by atomic mass is 9.82. The molecule has 3 N–H and O–H groups in total. The molecule has 0 saturated heterocycles. The van der Waals surface area contributed by atoms with E-state index in [-0.39, 0.29) is 81.4 Å². The quantitative estimate of drug-likeness (QED) is 0.0354. The maximum atomic E-state index is 11.8.